The van der Waals surface area contributed by atoms with Crippen LogP contribution in [-0.4, -0.2) is 86.2 Å². The number of anilines is 3. The van der Waals surface area contributed by atoms with Crippen molar-refractivity contribution < 1.29 is 32.5 Å². The summed E-state index contributed by atoms with van der Waals surface area (Å²) in [5.74, 6) is -1.63. The van der Waals surface area contributed by atoms with Gasteiger partial charge < -0.3 is 29.6 Å². The molecule has 5 rings (SSSR count). The standard InChI is InChI=1S/C30H34ClF2N5O5/c1-3-4-18(14-38-15-26-27(16-38)43-10-9-42-26)28(33)30(39)37-24-12-20-23(13-25(24)41-8-7-40-2)34-17-35-29(20)36-19-5-6-22(32)21(31)11-19/h5-6,11-13,17,26-27H,3-4,7-10,14-16H2,1-2H3,(H,37,39)(H,34,35,36). The molecular weight excluding hydrogens is 584 g/mol. The van der Waals surface area contributed by atoms with Crippen molar-refractivity contribution in [3.8, 4) is 5.75 Å². The van der Waals surface area contributed by atoms with Gasteiger partial charge in [0.15, 0.2) is 5.83 Å². The van der Waals surface area contributed by atoms with E-state index in [1.54, 1.807) is 19.2 Å². The molecule has 1 amide bonds. The number of aromatic nitrogens is 2. The van der Waals surface area contributed by atoms with Crippen molar-refractivity contribution in [2.75, 3.05) is 63.8 Å². The van der Waals surface area contributed by atoms with Gasteiger partial charge in [0.25, 0.3) is 5.91 Å². The van der Waals surface area contributed by atoms with Gasteiger partial charge in [0.1, 0.15) is 30.3 Å². The Bertz CT molecular complexity index is 1480. The Morgan fingerprint density at radius 1 is 1.14 bits per heavy atom. The lowest BCUT2D eigenvalue weighted by Crippen LogP contribution is -2.36. The molecule has 0 bridgehead atoms. The number of rotatable bonds is 12. The molecule has 0 spiro atoms. The van der Waals surface area contributed by atoms with Crippen LogP contribution in [0.5, 0.6) is 5.75 Å². The summed E-state index contributed by atoms with van der Waals surface area (Å²) in [6.07, 6.45) is 2.36. The number of carbonyl (C=O) groups is 1. The lowest BCUT2D eigenvalue weighted by Gasteiger charge is -2.24. The largest absolute Gasteiger partial charge is 0.489 e. The van der Waals surface area contributed by atoms with Crippen LogP contribution in [0.4, 0.5) is 26.0 Å². The molecular formula is C30H34ClF2N5O5. The minimum absolute atomic E-state index is 0.0473. The van der Waals surface area contributed by atoms with Gasteiger partial charge in [0.05, 0.1) is 48.3 Å². The molecule has 1 aromatic heterocycles. The number of nitrogens with one attached hydrogen (secondary N) is 2. The number of carbonyl (C=O) groups excluding carboxylic acids is 1. The first-order chi connectivity index (χ1) is 20.9. The second kappa shape index (κ2) is 14.4. The Labute approximate surface area is 253 Å². The number of nitrogens with zero attached hydrogens (tertiary/aromatic N) is 3. The minimum Gasteiger partial charge on any atom is -0.489 e. The monoisotopic (exact) mass is 617 g/mol. The van der Waals surface area contributed by atoms with Crippen LogP contribution in [-0.2, 0) is 19.0 Å². The summed E-state index contributed by atoms with van der Waals surface area (Å²) >= 11 is 5.95. The zero-order chi connectivity index (χ0) is 30.3. The second-order valence-electron chi connectivity index (χ2n) is 10.3. The Morgan fingerprint density at radius 2 is 1.91 bits per heavy atom. The van der Waals surface area contributed by atoms with Gasteiger partial charge in [-0.1, -0.05) is 24.9 Å². The summed E-state index contributed by atoms with van der Waals surface area (Å²) in [5, 5.41) is 6.25. The summed E-state index contributed by atoms with van der Waals surface area (Å²) in [6.45, 7) is 5.05. The summed E-state index contributed by atoms with van der Waals surface area (Å²) < 4.78 is 52.0. The van der Waals surface area contributed by atoms with Gasteiger partial charge in [0.2, 0.25) is 0 Å². The van der Waals surface area contributed by atoms with Crippen molar-refractivity contribution in [2.24, 2.45) is 0 Å². The molecule has 2 N–H and O–H groups in total. The van der Waals surface area contributed by atoms with E-state index in [9.17, 15) is 9.18 Å². The fourth-order valence-corrected chi connectivity index (χ4v) is 5.36. The van der Waals surface area contributed by atoms with E-state index in [0.29, 0.717) is 80.3 Å². The van der Waals surface area contributed by atoms with Gasteiger partial charge in [-0.3, -0.25) is 9.69 Å². The van der Waals surface area contributed by atoms with E-state index in [2.05, 4.69) is 25.5 Å². The lowest BCUT2D eigenvalue weighted by atomic mass is 10.1. The zero-order valence-electron chi connectivity index (χ0n) is 24.0. The highest BCUT2D eigenvalue weighted by Crippen LogP contribution is 2.34. The topological polar surface area (TPSA) is 107 Å². The van der Waals surface area contributed by atoms with E-state index in [4.69, 9.17) is 30.5 Å². The van der Waals surface area contributed by atoms with E-state index < -0.39 is 17.6 Å². The third-order valence-corrected chi connectivity index (χ3v) is 7.52. The Hall–Kier alpha value is -3.42. The maximum Gasteiger partial charge on any atom is 0.284 e. The average Bonchev–Trinajstić information content (AvgIpc) is 3.41. The molecule has 2 aromatic carbocycles. The van der Waals surface area contributed by atoms with Crippen LogP contribution in [0.2, 0.25) is 5.02 Å². The lowest BCUT2D eigenvalue weighted by molar-refractivity contribution is -0.116. The number of hydrogen-bond donors (Lipinski definition) is 2. The van der Waals surface area contributed by atoms with E-state index in [1.165, 1.54) is 24.5 Å². The molecule has 0 radical (unpaired) electrons. The van der Waals surface area contributed by atoms with Crippen LogP contribution < -0.4 is 15.4 Å². The highest BCUT2D eigenvalue weighted by Gasteiger charge is 2.37. The highest BCUT2D eigenvalue weighted by atomic mass is 35.5. The first kappa shape index (κ1) is 31.0. The molecule has 2 fully saturated rings. The van der Waals surface area contributed by atoms with Crippen LogP contribution in [0, 0.1) is 5.82 Å². The number of methoxy groups -OCH3 is 1. The molecule has 2 unspecified atom stereocenters. The van der Waals surface area contributed by atoms with Crippen molar-refractivity contribution in [1.29, 1.82) is 0 Å². The van der Waals surface area contributed by atoms with Crippen LogP contribution >= 0.6 is 11.6 Å². The average molecular weight is 618 g/mol. The predicted molar refractivity (Wildman–Crippen MR) is 159 cm³/mol. The van der Waals surface area contributed by atoms with E-state index in [0.717, 1.165) is 0 Å². The first-order valence-corrected chi connectivity index (χ1v) is 14.5. The van der Waals surface area contributed by atoms with Crippen molar-refractivity contribution in [1.82, 2.24) is 14.9 Å². The number of fused-ring (bicyclic) bond motifs is 2. The molecule has 43 heavy (non-hydrogen) atoms. The van der Waals surface area contributed by atoms with E-state index in [1.807, 2.05) is 6.92 Å². The smallest absolute Gasteiger partial charge is 0.284 e. The van der Waals surface area contributed by atoms with Gasteiger partial charge in [-0.15, -0.1) is 0 Å². The normalized spacial score (nSPS) is 19.2. The van der Waals surface area contributed by atoms with Crippen LogP contribution in [0.25, 0.3) is 10.9 Å². The molecule has 10 nitrogen and oxygen atoms in total. The maximum absolute atomic E-state index is 15.8. The highest BCUT2D eigenvalue weighted by molar-refractivity contribution is 6.31. The van der Waals surface area contributed by atoms with E-state index in [-0.39, 0.29) is 35.3 Å². The Balaban J connectivity index is 1.42. The van der Waals surface area contributed by atoms with Crippen molar-refractivity contribution in [2.45, 2.75) is 32.0 Å². The van der Waals surface area contributed by atoms with Gasteiger partial charge in [-0.05, 0) is 36.3 Å². The molecule has 3 aromatic rings. The van der Waals surface area contributed by atoms with Gasteiger partial charge in [0, 0.05) is 43.9 Å². The van der Waals surface area contributed by atoms with Gasteiger partial charge in [-0.25, -0.2) is 18.7 Å². The predicted octanol–water partition coefficient (Wildman–Crippen LogP) is 5.25. The molecule has 2 aliphatic rings. The number of likely N-dealkylation sites (tertiary alicyclic amines) is 1. The molecule has 0 aliphatic carbocycles. The molecule has 2 aliphatic heterocycles. The van der Waals surface area contributed by atoms with Crippen LogP contribution in [0.15, 0.2) is 48.1 Å². The minimum atomic E-state index is -0.889. The number of benzene rings is 2. The number of ether oxygens (including phenoxy) is 4. The van der Waals surface area contributed by atoms with E-state index >= 15 is 4.39 Å². The molecule has 0 saturated carbocycles. The van der Waals surface area contributed by atoms with Gasteiger partial charge >= 0.3 is 0 Å². The summed E-state index contributed by atoms with van der Waals surface area (Å²) in [4.78, 5) is 24.0. The first-order valence-electron chi connectivity index (χ1n) is 14.1. The third kappa shape index (κ3) is 7.57. The number of hydrogen-bond acceptors (Lipinski definition) is 9. The summed E-state index contributed by atoms with van der Waals surface area (Å²) in [6, 6.07) is 7.42. The summed E-state index contributed by atoms with van der Waals surface area (Å²) in [5.41, 5.74) is 1.62. The third-order valence-electron chi connectivity index (χ3n) is 7.23. The van der Waals surface area contributed by atoms with Crippen molar-refractivity contribution >= 4 is 45.6 Å². The van der Waals surface area contributed by atoms with Crippen LogP contribution in [0.3, 0.4) is 0 Å². The van der Waals surface area contributed by atoms with Crippen molar-refractivity contribution in [3.05, 3.63) is 58.9 Å². The Kier molecular flexibility index (Phi) is 10.4. The molecule has 13 heteroatoms. The van der Waals surface area contributed by atoms with Gasteiger partial charge in [-0.2, -0.15) is 0 Å². The Morgan fingerprint density at radius 3 is 2.60 bits per heavy atom. The molecule has 3 heterocycles. The molecule has 2 atom stereocenters. The SMILES string of the molecule is CCCC(CN1CC2OCCOC2C1)=C(F)C(=O)Nc1cc2c(Nc3ccc(F)c(Cl)c3)ncnc2cc1OCCOC. The van der Waals surface area contributed by atoms with Crippen molar-refractivity contribution in [3.63, 3.8) is 0 Å². The summed E-state index contributed by atoms with van der Waals surface area (Å²) in [7, 11) is 1.54. The zero-order valence-corrected chi connectivity index (χ0v) is 24.8. The number of amides is 1. The fourth-order valence-electron chi connectivity index (χ4n) is 5.18. The fraction of sp³-hybridized carbons (Fsp3) is 0.433. The maximum atomic E-state index is 15.8. The molecule has 230 valence electrons. The van der Waals surface area contributed by atoms with Crippen LogP contribution in [0.1, 0.15) is 19.8 Å². The second-order valence-corrected chi connectivity index (χ2v) is 10.7. The number of halogens is 3. The molecule has 2 saturated heterocycles. The quantitative estimate of drug-likeness (QED) is 0.208.